The summed E-state index contributed by atoms with van der Waals surface area (Å²) in [6.45, 7) is 0. The average molecular weight is 619 g/mol. The molecule has 0 amide bonds. The first-order valence-corrected chi connectivity index (χ1v) is 11.7. The third-order valence-electron chi connectivity index (χ3n) is 4.74. The SMILES string of the molecule is Nc1c(Br)cc2c(oc3ncccc32)c1Br.Nc1ccc2c(c1)oc1ncccc12.[2H]CF.[B]=NS. The van der Waals surface area contributed by atoms with Crippen molar-refractivity contribution in [2.45, 2.75) is 0 Å². The Labute approximate surface area is 224 Å². The van der Waals surface area contributed by atoms with Crippen molar-refractivity contribution in [1.29, 1.82) is 0 Å². The van der Waals surface area contributed by atoms with Gasteiger partial charge in [0.25, 0.3) is 0 Å². The van der Waals surface area contributed by atoms with Crippen LogP contribution in [0.15, 0.2) is 83.0 Å². The Morgan fingerprint density at radius 3 is 2.17 bits per heavy atom. The van der Waals surface area contributed by atoms with Gasteiger partial charge in [-0.1, -0.05) is 0 Å². The summed E-state index contributed by atoms with van der Waals surface area (Å²) in [6.07, 6.45) is 3.42. The molecule has 6 aromatic rings. The third kappa shape index (κ3) is 5.66. The van der Waals surface area contributed by atoms with E-state index in [0.29, 0.717) is 22.8 Å². The molecule has 0 fully saturated rings. The number of nitrogen functional groups attached to an aromatic ring is 2. The molecule has 0 unspecified atom stereocenters. The summed E-state index contributed by atoms with van der Waals surface area (Å²) < 4.78 is 31.0. The van der Waals surface area contributed by atoms with E-state index in [1.165, 1.54) is 0 Å². The molecular weight excluding hydrogens is 600 g/mol. The first kappa shape index (κ1) is 25.1. The monoisotopic (exact) mass is 617 g/mol. The standard InChI is InChI=1S/C11H6Br2N2O.C11H8N2O.CH3F.BHNS/c12-7-4-6-5-2-1-3-15-11(5)16-10(6)8(13)9(7)14;12-7-3-4-8-9-2-1-5-13-11(9)14-10(8)6-7;1-2;1-2-3/h1-4H,14H2;1-6H,12H2;1H3;3H/i;;1D;. The van der Waals surface area contributed by atoms with Gasteiger partial charge in [-0.3, -0.25) is 4.39 Å². The molecule has 0 spiro atoms. The number of nitrogens with two attached hydrogens (primary N) is 2. The van der Waals surface area contributed by atoms with Crippen molar-refractivity contribution in [1.82, 2.24) is 9.97 Å². The summed E-state index contributed by atoms with van der Waals surface area (Å²) in [7, 11) is 3.34. The van der Waals surface area contributed by atoms with Crippen LogP contribution in [0.3, 0.4) is 0 Å². The molecular formula is C23H18BBr2FN5O2S. The van der Waals surface area contributed by atoms with Crippen molar-refractivity contribution in [2.75, 3.05) is 18.6 Å². The number of pyridine rings is 2. The summed E-state index contributed by atoms with van der Waals surface area (Å²) >= 11 is 10.0. The van der Waals surface area contributed by atoms with Gasteiger partial charge in [-0.05, 0) is 74.3 Å². The number of nitrogens with zero attached hydrogens (tertiary/aromatic N) is 3. The summed E-state index contributed by atoms with van der Waals surface area (Å²) in [6, 6.07) is 15.3. The molecule has 177 valence electrons. The van der Waals surface area contributed by atoms with Crippen LogP contribution in [-0.2, 0) is 0 Å². The Morgan fingerprint density at radius 2 is 1.54 bits per heavy atom. The molecule has 2 aromatic carbocycles. The second-order valence-electron chi connectivity index (χ2n) is 6.75. The van der Waals surface area contributed by atoms with Gasteiger partial charge < -0.3 is 20.3 Å². The van der Waals surface area contributed by atoms with Crippen molar-refractivity contribution in [3.63, 3.8) is 0 Å². The van der Waals surface area contributed by atoms with Crippen LogP contribution in [0.2, 0.25) is 0 Å². The fourth-order valence-corrected chi connectivity index (χ4v) is 4.52. The van der Waals surface area contributed by atoms with Gasteiger partial charge in [0.1, 0.15) is 5.58 Å². The second-order valence-corrected chi connectivity index (χ2v) is 8.63. The molecule has 0 aliphatic carbocycles. The fourth-order valence-electron chi connectivity index (χ4n) is 3.32. The minimum atomic E-state index is -1.00. The number of anilines is 2. The maximum atomic E-state index is 9.96. The number of hydrogen-bond donors (Lipinski definition) is 3. The van der Waals surface area contributed by atoms with Gasteiger partial charge in [0.15, 0.2) is 5.58 Å². The van der Waals surface area contributed by atoms with Crippen LogP contribution in [0, 0.1) is 0 Å². The van der Waals surface area contributed by atoms with Crippen LogP contribution in [0.4, 0.5) is 15.8 Å². The summed E-state index contributed by atoms with van der Waals surface area (Å²) in [5.74, 6) is 0. The van der Waals surface area contributed by atoms with Gasteiger partial charge in [0, 0.05) is 50.2 Å². The quantitative estimate of drug-likeness (QED) is 0.0926. The molecule has 0 atom stereocenters. The van der Waals surface area contributed by atoms with E-state index in [9.17, 15) is 4.39 Å². The summed E-state index contributed by atoms with van der Waals surface area (Å²) in [4.78, 5) is 8.32. The van der Waals surface area contributed by atoms with Crippen molar-refractivity contribution < 1.29 is 14.6 Å². The molecule has 0 bridgehead atoms. The normalized spacial score (nSPS) is 10.5. The molecule has 1 radical (unpaired) electrons. The molecule has 35 heavy (non-hydrogen) atoms. The van der Waals surface area contributed by atoms with Crippen LogP contribution in [0.5, 0.6) is 0 Å². The molecule has 0 saturated heterocycles. The Balaban J connectivity index is 0.000000166. The van der Waals surface area contributed by atoms with Gasteiger partial charge in [-0.25, -0.2) is 9.97 Å². The van der Waals surface area contributed by atoms with E-state index in [1.807, 2.05) is 48.5 Å². The molecule has 6 rings (SSSR count). The number of furan rings is 2. The Kier molecular flexibility index (Phi) is 8.72. The second kappa shape index (κ2) is 12.1. The number of rotatable bonds is 0. The maximum absolute atomic E-state index is 9.96. The fraction of sp³-hybridized carbons (Fsp3) is 0.0435. The predicted molar refractivity (Wildman–Crippen MR) is 151 cm³/mol. The molecule has 0 saturated carbocycles. The van der Waals surface area contributed by atoms with Crippen LogP contribution >= 0.6 is 44.7 Å². The zero-order chi connectivity index (χ0) is 26.2. The topological polar surface area (TPSA) is 116 Å². The Morgan fingerprint density at radius 1 is 0.971 bits per heavy atom. The molecule has 0 aliphatic rings. The van der Waals surface area contributed by atoms with Gasteiger partial charge in [-0.15, -0.1) is 0 Å². The molecule has 4 aromatic heterocycles. The average Bonchev–Trinajstić information content (AvgIpc) is 3.42. The van der Waals surface area contributed by atoms with Gasteiger partial charge in [0.2, 0.25) is 11.4 Å². The van der Waals surface area contributed by atoms with Crippen molar-refractivity contribution >= 4 is 108 Å². The zero-order valence-electron chi connectivity index (χ0n) is 19.0. The van der Waals surface area contributed by atoms with E-state index in [4.69, 9.17) is 21.7 Å². The Hall–Kier alpha value is -2.96. The Bertz CT molecular complexity index is 1650. The first-order chi connectivity index (χ1) is 17.4. The van der Waals surface area contributed by atoms with Gasteiger partial charge in [0.05, 0.1) is 18.7 Å². The van der Waals surface area contributed by atoms with Crippen molar-refractivity contribution in [3.8, 4) is 0 Å². The summed E-state index contributed by atoms with van der Waals surface area (Å²) in [5, 5.41) is 4.07. The molecule has 4 heterocycles. The molecule has 12 heteroatoms. The van der Waals surface area contributed by atoms with Crippen LogP contribution in [0.1, 0.15) is 1.37 Å². The van der Waals surface area contributed by atoms with Crippen LogP contribution < -0.4 is 11.5 Å². The number of halogens is 3. The number of benzene rings is 2. The van der Waals surface area contributed by atoms with E-state index in [-0.39, 0.29) is 0 Å². The predicted octanol–water partition coefficient (Wildman–Crippen LogP) is 7.42. The first-order valence-electron chi connectivity index (χ1n) is 10.4. The zero-order valence-corrected chi connectivity index (χ0v) is 22.0. The minimum absolute atomic E-state index is 0.621. The third-order valence-corrected chi connectivity index (χ3v) is 6.19. The van der Waals surface area contributed by atoms with Crippen LogP contribution in [-0.4, -0.2) is 24.8 Å². The molecule has 4 N–H and O–H groups in total. The summed E-state index contributed by atoms with van der Waals surface area (Å²) in [5.41, 5.74) is 15.7. The van der Waals surface area contributed by atoms with Crippen molar-refractivity contribution in [2.24, 2.45) is 4.30 Å². The number of alkyl halides is 1. The van der Waals surface area contributed by atoms with Crippen LogP contribution in [0.25, 0.3) is 44.1 Å². The van der Waals surface area contributed by atoms with Gasteiger partial charge >= 0.3 is 24.8 Å². The molecule has 7 nitrogen and oxygen atoms in total. The van der Waals surface area contributed by atoms with E-state index in [2.05, 4.69) is 66.6 Å². The van der Waals surface area contributed by atoms with E-state index in [0.717, 1.165) is 41.7 Å². The number of hydrogen-bond acceptors (Lipinski definition) is 8. The van der Waals surface area contributed by atoms with E-state index in [1.54, 1.807) is 12.4 Å². The van der Waals surface area contributed by atoms with Crippen molar-refractivity contribution in [3.05, 3.63) is 69.9 Å². The number of fused-ring (bicyclic) bond motifs is 6. The van der Waals surface area contributed by atoms with E-state index < -0.39 is 7.15 Å². The number of aromatic nitrogens is 2. The number of thiol groups is 1. The van der Waals surface area contributed by atoms with Gasteiger partial charge in [-0.2, -0.15) is 0 Å². The van der Waals surface area contributed by atoms with E-state index >= 15 is 0 Å². The molecule has 0 aliphatic heterocycles.